The topological polar surface area (TPSA) is 44.2 Å². The van der Waals surface area contributed by atoms with E-state index in [0.29, 0.717) is 22.1 Å². The Balaban J connectivity index is 3.07. The smallest absolute Gasteiger partial charge is 0.159 e. The van der Waals surface area contributed by atoms with Gasteiger partial charge in [0.15, 0.2) is 5.82 Å². The molecule has 0 aromatic carbocycles. The molecule has 0 amide bonds. The zero-order chi connectivity index (χ0) is 12.8. The van der Waals surface area contributed by atoms with E-state index in [0.717, 1.165) is 18.5 Å². The Bertz CT molecular complexity index is 377. The number of ether oxygens (including phenoxy) is 2. The Morgan fingerprint density at radius 3 is 2.59 bits per heavy atom. The first-order chi connectivity index (χ1) is 8.13. The van der Waals surface area contributed by atoms with Crippen LogP contribution in [0.25, 0.3) is 0 Å². The zero-order valence-electron chi connectivity index (χ0n) is 10.2. The van der Waals surface area contributed by atoms with Crippen molar-refractivity contribution in [1.82, 2.24) is 9.97 Å². The normalized spacial score (nSPS) is 12.8. The first-order valence-electron chi connectivity index (χ1n) is 5.37. The molecule has 0 fully saturated rings. The van der Waals surface area contributed by atoms with Crippen molar-refractivity contribution in [3.05, 3.63) is 21.1 Å². The highest BCUT2D eigenvalue weighted by molar-refractivity contribution is 9.10. The molecule has 17 heavy (non-hydrogen) atoms. The van der Waals surface area contributed by atoms with Gasteiger partial charge in [-0.3, -0.25) is 0 Å². The van der Waals surface area contributed by atoms with Crippen molar-refractivity contribution in [2.24, 2.45) is 0 Å². The summed E-state index contributed by atoms with van der Waals surface area (Å²) in [5.41, 5.74) is 0.737. The molecule has 0 radical (unpaired) electrons. The van der Waals surface area contributed by atoms with Crippen LogP contribution in [0.1, 0.15) is 37.4 Å². The molecule has 1 atom stereocenters. The van der Waals surface area contributed by atoms with Gasteiger partial charge in [0.1, 0.15) is 11.3 Å². The second-order valence-corrected chi connectivity index (χ2v) is 4.73. The molecule has 1 heterocycles. The average Bonchev–Trinajstić information content (AvgIpc) is 2.32. The van der Waals surface area contributed by atoms with E-state index in [-0.39, 0.29) is 6.10 Å². The van der Waals surface area contributed by atoms with Gasteiger partial charge in [-0.15, -0.1) is 0 Å². The molecule has 0 aliphatic heterocycles. The molecule has 0 saturated heterocycles. The van der Waals surface area contributed by atoms with E-state index in [2.05, 4.69) is 32.8 Å². The minimum Gasteiger partial charge on any atom is -0.378 e. The highest BCUT2D eigenvalue weighted by atomic mass is 79.9. The second kappa shape index (κ2) is 7.26. The SMILES string of the molecule is CCCC(OC)c1nc(Cl)c(Br)c(COC)n1. The third-order valence-electron chi connectivity index (χ3n) is 2.30. The quantitative estimate of drug-likeness (QED) is 0.751. The fourth-order valence-electron chi connectivity index (χ4n) is 1.47. The van der Waals surface area contributed by atoms with Crippen LogP contribution in [0.2, 0.25) is 5.15 Å². The molecule has 1 rings (SSSR count). The lowest BCUT2D eigenvalue weighted by Crippen LogP contribution is -2.10. The van der Waals surface area contributed by atoms with Gasteiger partial charge in [-0.05, 0) is 22.4 Å². The van der Waals surface area contributed by atoms with E-state index in [1.165, 1.54) is 0 Å². The molecule has 0 spiro atoms. The lowest BCUT2D eigenvalue weighted by molar-refractivity contribution is 0.0867. The maximum Gasteiger partial charge on any atom is 0.159 e. The standard InChI is InChI=1S/C11H16BrClN2O2/c1-4-5-8(17-3)11-14-7(6-16-2)9(12)10(13)15-11/h8H,4-6H2,1-3H3. The van der Waals surface area contributed by atoms with Crippen LogP contribution in [0.4, 0.5) is 0 Å². The van der Waals surface area contributed by atoms with Crippen molar-refractivity contribution in [1.29, 1.82) is 0 Å². The highest BCUT2D eigenvalue weighted by Crippen LogP contribution is 2.27. The van der Waals surface area contributed by atoms with Crippen LogP contribution in [0.15, 0.2) is 4.47 Å². The number of nitrogens with zero attached hydrogens (tertiary/aromatic N) is 2. The molecule has 0 N–H and O–H groups in total. The third-order valence-corrected chi connectivity index (χ3v) is 3.64. The minimum absolute atomic E-state index is 0.124. The highest BCUT2D eigenvalue weighted by Gasteiger charge is 2.17. The van der Waals surface area contributed by atoms with E-state index < -0.39 is 0 Å². The summed E-state index contributed by atoms with van der Waals surface area (Å²) in [5.74, 6) is 0.606. The molecule has 4 nitrogen and oxygen atoms in total. The molecule has 1 aromatic rings. The number of hydrogen-bond donors (Lipinski definition) is 0. The van der Waals surface area contributed by atoms with Gasteiger partial charge in [0.2, 0.25) is 0 Å². The Morgan fingerprint density at radius 1 is 1.35 bits per heavy atom. The molecule has 0 saturated carbocycles. The maximum atomic E-state index is 6.05. The lowest BCUT2D eigenvalue weighted by atomic mass is 10.2. The van der Waals surface area contributed by atoms with E-state index in [1.54, 1.807) is 14.2 Å². The predicted molar refractivity (Wildman–Crippen MR) is 70.1 cm³/mol. The molecule has 96 valence electrons. The van der Waals surface area contributed by atoms with Crippen LogP contribution in [-0.2, 0) is 16.1 Å². The molecule has 6 heteroatoms. The monoisotopic (exact) mass is 322 g/mol. The zero-order valence-corrected chi connectivity index (χ0v) is 12.5. The fourth-order valence-corrected chi connectivity index (χ4v) is 1.96. The molecular weight excluding hydrogens is 307 g/mol. The Kier molecular flexibility index (Phi) is 6.33. The average molecular weight is 324 g/mol. The summed E-state index contributed by atoms with van der Waals surface area (Å²) in [6.07, 6.45) is 1.73. The number of methoxy groups -OCH3 is 2. The summed E-state index contributed by atoms with van der Waals surface area (Å²) >= 11 is 9.39. The van der Waals surface area contributed by atoms with E-state index in [9.17, 15) is 0 Å². The number of hydrogen-bond acceptors (Lipinski definition) is 4. The van der Waals surface area contributed by atoms with Crippen molar-refractivity contribution in [3.8, 4) is 0 Å². The molecule has 0 aliphatic carbocycles. The van der Waals surface area contributed by atoms with Crippen LogP contribution in [0.3, 0.4) is 0 Å². The Hall–Kier alpha value is -0.230. The van der Waals surface area contributed by atoms with Gasteiger partial charge in [0.05, 0.1) is 16.8 Å². The number of rotatable bonds is 6. The number of aromatic nitrogens is 2. The van der Waals surface area contributed by atoms with Crippen molar-refractivity contribution >= 4 is 27.5 Å². The number of halogens is 2. The molecular formula is C11H16BrClN2O2. The molecule has 0 bridgehead atoms. The first kappa shape index (κ1) is 14.8. The summed E-state index contributed by atoms with van der Waals surface area (Å²) in [4.78, 5) is 8.65. The minimum atomic E-state index is -0.124. The fraction of sp³-hybridized carbons (Fsp3) is 0.636. The maximum absolute atomic E-state index is 6.05. The molecule has 1 unspecified atom stereocenters. The van der Waals surface area contributed by atoms with Crippen LogP contribution in [-0.4, -0.2) is 24.2 Å². The summed E-state index contributed by atoms with van der Waals surface area (Å²) in [7, 11) is 3.26. The lowest BCUT2D eigenvalue weighted by Gasteiger charge is -2.15. The predicted octanol–water partition coefficient (Wildman–Crippen LogP) is 3.53. The van der Waals surface area contributed by atoms with Gasteiger partial charge < -0.3 is 9.47 Å². The van der Waals surface area contributed by atoms with Crippen molar-refractivity contribution in [2.75, 3.05) is 14.2 Å². The van der Waals surface area contributed by atoms with Crippen LogP contribution in [0, 0.1) is 0 Å². The van der Waals surface area contributed by atoms with Crippen molar-refractivity contribution < 1.29 is 9.47 Å². The van der Waals surface area contributed by atoms with Gasteiger partial charge in [-0.1, -0.05) is 24.9 Å². The third kappa shape index (κ3) is 3.88. The summed E-state index contributed by atoms with van der Waals surface area (Å²) in [5, 5.41) is 0.389. The summed E-state index contributed by atoms with van der Waals surface area (Å²) in [6, 6.07) is 0. The molecule has 1 aromatic heterocycles. The van der Waals surface area contributed by atoms with Gasteiger partial charge in [0, 0.05) is 14.2 Å². The van der Waals surface area contributed by atoms with Crippen LogP contribution >= 0.6 is 27.5 Å². The van der Waals surface area contributed by atoms with Crippen LogP contribution < -0.4 is 0 Å². The summed E-state index contributed by atoms with van der Waals surface area (Å²) < 4.78 is 11.1. The first-order valence-corrected chi connectivity index (χ1v) is 6.54. The van der Waals surface area contributed by atoms with Crippen LogP contribution in [0.5, 0.6) is 0 Å². The second-order valence-electron chi connectivity index (χ2n) is 3.58. The van der Waals surface area contributed by atoms with Crippen molar-refractivity contribution in [2.45, 2.75) is 32.5 Å². The van der Waals surface area contributed by atoms with Gasteiger partial charge >= 0.3 is 0 Å². The Labute approximate surface area is 115 Å². The molecule has 0 aliphatic rings. The largest absolute Gasteiger partial charge is 0.378 e. The van der Waals surface area contributed by atoms with Gasteiger partial charge in [-0.25, -0.2) is 9.97 Å². The van der Waals surface area contributed by atoms with E-state index >= 15 is 0 Å². The van der Waals surface area contributed by atoms with Gasteiger partial charge in [0.25, 0.3) is 0 Å². The van der Waals surface area contributed by atoms with Crippen molar-refractivity contribution in [3.63, 3.8) is 0 Å². The van der Waals surface area contributed by atoms with Gasteiger partial charge in [-0.2, -0.15) is 0 Å². The van der Waals surface area contributed by atoms with E-state index in [1.807, 2.05) is 0 Å². The Morgan fingerprint density at radius 2 is 2.06 bits per heavy atom. The van der Waals surface area contributed by atoms with E-state index in [4.69, 9.17) is 21.1 Å². The summed E-state index contributed by atoms with van der Waals surface area (Å²) in [6.45, 7) is 2.47.